The van der Waals surface area contributed by atoms with E-state index in [1.807, 2.05) is 11.8 Å². The fourth-order valence-corrected chi connectivity index (χ4v) is 2.78. The highest BCUT2D eigenvalue weighted by molar-refractivity contribution is 5.03. The van der Waals surface area contributed by atoms with Gasteiger partial charge in [-0.3, -0.25) is 4.90 Å². The summed E-state index contributed by atoms with van der Waals surface area (Å²) in [7, 11) is 1.62. The third kappa shape index (κ3) is 3.35. The van der Waals surface area contributed by atoms with Crippen LogP contribution >= 0.6 is 0 Å². The Balaban J connectivity index is 2.14. The van der Waals surface area contributed by atoms with Crippen molar-refractivity contribution in [2.75, 3.05) is 26.8 Å². The molecule has 0 amide bonds. The first kappa shape index (κ1) is 16.2. The lowest BCUT2D eigenvalue weighted by molar-refractivity contribution is -0.148. The zero-order chi connectivity index (χ0) is 15.6. The molecule has 1 aliphatic heterocycles. The zero-order valence-corrected chi connectivity index (χ0v) is 12.1. The summed E-state index contributed by atoms with van der Waals surface area (Å²) in [5.74, 6) is -0.403. The lowest BCUT2D eigenvalue weighted by Gasteiger charge is -2.37. The highest BCUT2D eigenvalue weighted by Crippen LogP contribution is 2.30. The van der Waals surface area contributed by atoms with E-state index in [0.29, 0.717) is 32.1 Å². The highest BCUT2D eigenvalue weighted by Gasteiger charge is 2.40. The first-order valence-electron chi connectivity index (χ1n) is 6.80. The predicted molar refractivity (Wildman–Crippen MR) is 69.3 cm³/mol. The number of halogens is 3. The van der Waals surface area contributed by atoms with Crippen LogP contribution < -0.4 is 5.73 Å². The Labute approximate surface area is 121 Å². The maximum Gasteiger partial charge on any atom is 0.451 e. The second kappa shape index (κ2) is 6.29. The average Bonchev–Trinajstić information content (AvgIpc) is 2.82. The number of fused-ring (bicyclic) bond motifs is 1. The van der Waals surface area contributed by atoms with Gasteiger partial charge in [-0.25, -0.2) is 0 Å². The van der Waals surface area contributed by atoms with Crippen molar-refractivity contribution in [1.82, 2.24) is 19.7 Å². The number of ether oxygens (including phenoxy) is 1. The number of hydrogen-bond donors (Lipinski definition) is 1. The van der Waals surface area contributed by atoms with E-state index in [2.05, 4.69) is 10.2 Å². The van der Waals surface area contributed by atoms with E-state index in [1.54, 1.807) is 7.11 Å². The SMILES string of the molecule is COCC(C)C(CN)N1CCn2c(nnc2C(F)(F)F)C1. The van der Waals surface area contributed by atoms with Crippen molar-refractivity contribution in [1.29, 1.82) is 0 Å². The van der Waals surface area contributed by atoms with E-state index in [1.165, 1.54) is 0 Å². The first-order valence-corrected chi connectivity index (χ1v) is 6.80. The Kier molecular flexibility index (Phi) is 4.84. The van der Waals surface area contributed by atoms with Gasteiger partial charge in [-0.05, 0) is 5.92 Å². The van der Waals surface area contributed by atoms with Crippen LogP contribution in [0.1, 0.15) is 18.6 Å². The van der Waals surface area contributed by atoms with Gasteiger partial charge < -0.3 is 15.0 Å². The number of alkyl halides is 3. The molecule has 0 fully saturated rings. The molecule has 6 nitrogen and oxygen atoms in total. The van der Waals surface area contributed by atoms with Crippen LogP contribution in [0.3, 0.4) is 0 Å². The third-order valence-corrected chi connectivity index (χ3v) is 3.83. The van der Waals surface area contributed by atoms with Crippen molar-refractivity contribution in [2.45, 2.75) is 32.2 Å². The van der Waals surface area contributed by atoms with Crippen molar-refractivity contribution < 1.29 is 17.9 Å². The van der Waals surface area contributed by atoms with Crippen LogP contribution in [-0.2, 0) is 24.0 Å². The minimum absolute atomic E-state index is 0.0461. The molecule has 120 valence electrons. The van der Waals surface area contributed by atoms with Gasteiger partial charge in [0.1, 0.15) is 5.82 Å². The lowest BCUT2D eigenvalue weighted by Crippen LogP contribution is -2.49. The minimum Gasteiger partial charge on any atom is -0.384 e. The minimum atomic E-state index is -4.47. The smallest absolute Gasteiger partial charge is 0.384 e. The molecule has 0 spiro atoms. The molecule has 21 heavy (non-hydrogen) atoms. The highest BCUT2D eigenvalue weighted by atomic mass is 19.4. The Morgan fingerprint density at radius 2 is 2.05 bits per heavy atom. The van der Waals surface area contributed by atoms with E-state index >= 15 is 0 Å². The van der Waals surface area contributed by atoms with Crippen LogP contribution in [0.4, 0.5) is 13.2 Å². The molecule has 0 aliphatic carbocycles. The van der Waals surface area contributed by atoms with Crippen LogP contribution in [0.5, 0.6) is 0 Å². The summed E-state index contributed by atoms with van der Waals surface area (Å²) in [6, 6.07) is 0.0461. The largest absolute Gasteiger partial charge is 0.451 e. The standard InChI is InChI=1S/C12H20F3N5O/c1-8(7-21-2)9(5-16)19-3-4-20-10(6-19)17-18-11(20)12(13,14)15/h8-9H,3-7,16H2,1-2H3. The fourth-order valence-electron chi connectivity index (χ4n) is 2.78. The summed E-state index contributed by atoms with van der Waals surface area (Å²) in [6.45, 7) is 4.02. The second-order valence-corrected chi connectivity index (χ2v) is 5.30. The molecular weight excluding hydrogens is 287 g/mol. The van der Waals surface area contributed by atoms with Gasteiger partial charge >= 0.3 is 6.18 Å². The van der Waals surface area contributed by atoms with Gasteiger partial charge in [-0.2, -0.15) is 13.2 Å². The molecular formula is C12H20F3N5O. The molecule has 0 saturated heterocycles. The van der Waals surface area contributed by atoms with Gasteiger partial charge in [-0.1, -0.05) is 6.92 Å². The summed E-state index contributed by atoms with van der Waals surface area (Å²) in [6.07, 6.45) is -4.47. The van der Waals surface area contributed by atoms with Crippen molar-refractivity contribution in [2.24, 2.45) is 11.7 Å². The number of hydrogen-bond acceptors (Lipinski definition) is 5. The zero-order valence-electron chi connectivity index (χ0n) is 12.1. The monoisotopic (exact) mass is 307 g/mol. The molecule has 0 saturated carbocycles. The number of rotatable bonds is 5. The van der Waals surface area contributed by atoms with Gasteiger partial charge in [0.25, 0.3) is 0 Å². The summed E-state index contributed by atoms with van der Waals surface area (Å²) in [5.41, 5.74) is 5.81. The molecule has 2 unspecified atom stereocenters. The predicted octanol–water partition coefficient (Wildman–Crippen LogP) is 0.722. The molecule has 0 radical (unpaired) electrons. The molecule has 0 bridgehead atoms. The molecule has 0 aromatic carbocycles. The quantitative estimate of drug-likeness (QED) is 0.868. The molecule has 1 aromatic rings. The maximum atomic E-state index is 12.8. The van der Waals surface area contributed by atoms with Crippen molar-refractivity contribution in [3.63, 3.8) is 0 Å². The van der Waals surface area contributed by atoms with Crippen LogP contribution in [-0.4, -0.2) is 52.5 Å². The van der Waals surface area contributed by atoms with Crippen LogP contribution in [0, 0.1) is 5.92 Å². The Hall–Kier alpha value is -1.19. The summed E-state index contributed by atoms with van der Waals surface area (Å²) in [5, 5.41) is 6.95. The van der Waals surface area contributed by atoms with E-state index in [4.69, 9.17) is 10.5 Å². The molecule has 9 heteroatoms. The van der Waals surface area contributed by atoms with E-state index in [0.717, 1.165) is 4.57 Å². The number of aromatic nitrogens is 3. The Morgan fingerprint density at radius 1 is 1.33 bits per heavy atom. The van der Waals surface area contributed by atoms with Gasteiger partial charge in [0.15, 0.2) is 0 Å². The number of nitrogens with two attached hydrogens (primary N) is 1. The molecule has 1 aromatic heterocycles. The number of nitrogens with zero attached hydrogens (tertiary/aromatic N) is 4. The van der Waals surface area contributed by atoms with Crippen molar-refractivity contribution in [3.8, 4) is 0 Å². The molecule has 2 rings (SSSR count). The van der Waals surface area contributed by atoms with Gasteiger partial charge in [-0.15, -0.1) is 10.2 Å². The molecule has 2 N–H and O–H groups in total. The normalized spacial score (nSPS) is 19.3. The van der Waals surface area contributed by atoms with E-state index in [9.17, 15) is 13.2 Å². The van der Waals surface area contributed by atoms with Crippen LogP contribution in [0.25, 0.3) is 0 Å². The summed E-state index contributed by atoms with van der Waals surface area (Å²) in [4.78, 5) is 2.05. The summed E-state index contributed by atoms with van der Waals surface area (Å²) >= 11 is 0. The van der Waals surface area contributed by atoms with Crippen LogP contribution in [0.2, 0.25) is 0 Å². The van der Waals surface area contributed by atoms with Gasteiger partial charge in [0, 0.05) is 32.8 Å². The summed E-state index contributed by atoms with van der Waals surface area (Å²) < 4.78 is 44.6. The number of methoxy groups -OCH3 is 1. The van der Waals surface area contributed by atoms with E-state index < -0.39 is 12.0 Å². The van der Waals surface area contributed by atoms with Gasteiger partial charge in [0.2, 0.25) is 5.82 Å². The van der Waals surface area contributed by atoms with E-state index in [-0.39, 0.29) is 18.5 Å². The Bertz CT molecular complexity index is 476. The molecule has 1 aliphatic rings. The van der Waals surface area contributed by atoms with Crippen LogP contribution in [0.15, 0.2) is 0 Å². The fraction of sp³-hybridized carbons (Fsp3) is 0.833. The van der Waals surface area contributed by atoms with Gasteiger partial charge in [0.05, 0.1) is 13.2 Å². The molecule has 2 heterocycles. The Morgan fingerprint density at radius 3 is 2.62 bits per heavy atom. The third-order valence-electron chi connectivity index (χ3n) is 3.83. The molecule has 2 atom stereocenters. The van der Waals surface area contributed by atoms with Crippen molar-refractivity contribution >= 4 is 0 Å². The van der Waals surface area contributed by atoms with Crippen molar-refractivity contribution in [3.05, 3.63) is 11.6 Å². The maximum absolute atomic E-state index is 12.8. The first-order chi connectivity index (χ1) is 9.88. The topological polar surface area (TPSA) is 69.2 Å². The average molecular weight is 307 g/mol. The lowest BCUT2D eigenvalue weighted by atomic mass is 10.0. The second-order valence-electron chi connectivity index (χ2n) is 5.30.